The van der Waals surface area contributed by atoms with E-state index in [9.17, 15) is 14.4 Å². The molecule has 0 radical (unpaired) electrons. The molecule has 1 aliphatic rings. The lowest BCUT2D eigenvalue weighted by atomic mass is 9.95. The van der Waals surface area contributed by atoms with Crippen LogP contribution in [0.5, 0.6) is 0 Å². The summed E-state index contributed by atoms with van der Waals surface area (Å²) in [7, 11) is 1.54. The van der Waals surface area contributed by atoms with Crippen LogP contribution in [0.25, 0.3) is 11.1 Å². The summed E-state index contributed by atoms with van der Waals surface area (Å²) < 4.78 is 11.7. The predicted molar refractivity (Wildman–Crippen MR) is 96.4 cm³/mol. The van der Waals surface area contributed by atoms with Crippen molar-refractivity contribution in [1.82, 2.24) is 24.9 Å². The molecule has 28 heavy (non-hydrogen) atoms. The Morgan fingerprint density at radius 3 is 2.79 bits per heavy atom. The highest BCUT2D eigenvalue weighted by Gasteiger charge is 2.43. The second-order valence-corrected chi connectivity index (χ2v) is 6.73. The highest BCUT2D eigenvalue weighted by Crippen LogP contribution is 2.32. The fraction of sp³-hybridized carbons (Fsp3) is 0.389. The minimum Gasteiger partial charge on any atom is -0.408 e. The Balaban J connectivity index is 1.58. The summed E-state index contributed by atoms with van der Waals surface area (Å²) in [6.45, 7) is 1.97. The number of nitrogens with one attached hydrogen (secondary N) is 1. The van der Waals surface area contributed by atoms with Crippen LogP contribution in [0.15, 0.2) is 38.0 Å². The first-order chi connectivity index (χ1) is 13.5. The Morgan fingerprint density at radius 1 is 1.29 bits per heavy atom. The Bertz CT molecular complexity index is 1100. The molecule has 1 aliphatic heterocycles. The maximum absolute atomic E-state index is 12.9. The van der Waals surface area contributed by atoms with Crippen molar-refractivity contribution >= 4 is 22.9 Å². The molecule has 1 fully saturated rings. The highest BCUT2D eigenvalue weighted by atomic mass is 16.5. The number of hydrogen-bond acceptors (Lipinski definition) is 7. The number of nitrogens with zero attached hydrogens (tertiary/aromatic N) is 4. The van der Waals surface area contributed by atoms with Crippen molar-refractivity contribution in [3.63, 3.8) is 0 Å². The summed E-state index contributed by atoms with van der Waals surface area (Å²) in [6.07, 6.45) is 0. The van der Waals surface area contributed by atoms with Crippen LogP contribution in [0.4, 0.5) is 0 Å². The van der Waals surface area contributed by atoms with Crippen molar-refractivity contribution in [3.8, 4) is 0 Å². The summed E-state index contributed by atoms with van der Waals surface area (Å²) >= 11 is 0. The molecule has 146 valence electrons. The molecule has 2 aromatic heterocycles. The molecule has 1 saturated heterocycles. The van der Waals surface area contributed by atoms with E-state index in [1.54, 1.807) is 43.1 Å². The minimum absolute atomic E-state index is 0.175. The van der Waals surface area contributed by atoms with Crippen LogP contribution < -0.4 is 11.1 Å². The van der Waals surface area contributed by atoms with E-state index in [4.69, 9.17) is 8.94 Å². The number of amides is 2. The van der Waals surface area contributed by atoms with Crippen molar-refractivity contribution < 1.29 is 18.5 Å². The smallest absolute Gasteiger partial charge is 0.408 e. The van der Waals surface area contributed by atoms with Crippen LogP contribution >= 0.6 is 0 Å². The molecule has 0 spiro atoms. The van der Waals surface area contributed by atoms with Crippen molar-refractivity contribution in [2.24, 2.45) is 5.92 Å². The van der Waals surface area contributed by atoms with Gasteiger partial charge in [-0.15, -0.1) is 0 Å². The van der Waals surface area contributed by atoms with E-state index in [0.717, 1.165) is 0 Å². The van der Waals surface area contributed by atoms with Gasteiger partial charge in [-0.3, -0.25) is 14.2 Å². The summed E-state index contributed by atoms with van der Waals surface area (Å²) in [4.78, 5) is 43.1. The number of hydrogen-bond donors (Lipinski definition) is 1. The van der Waals surface area contributed by atoms with Gasteiger partial charge in [-0.2, -0.15) is 4.98 Å². The molecule has 0 bridgehead atoms. The van der Waals surface area contributed by atoms with Crippen LogP contribution in [0, 0.1) is 12.8 Å². The van der Waals surface area contributed by atoms with Gasteiger partial charge in [0, 0.05) is 20.1 Å². The van der Waals surface area contributed by atoms with Gasteiger partial charge in [0.05, 0.1) is 17.4 Å². The zero-order valence-corrected chi connectivity index (χ0v) is 15.4. The zero-order chi connectivity index (χ0) is 19.8. The van der Waals surface area contributed by atoms with Gasteiger partial charge in [-0.1, -0.05) is 17.3 Å². The molecule has 3 heterocycles. The molecule has 0 aliphatic carbocycles. The molecule has 4 rings (SSSR count). The molecule has 1 aromatic carbocycles. The summed E-state index contributed by atoms with van der Waals surface area (Å²) in [5.41, 5.74) is 0.969. The van der Waals surface area contributed by atoms with Gasteiger partial charge in [-0.05, 0) is 19.1 Å². The number of likely N-dealkylation sites (tertiary alicyclic amines) is 1. The Kier molecular flexibility index (Phi) is 4.46. The van der Waals surface area contributed by atoms with Gasteiger partial charge in [-0.25, -0.2) is 4.79 Å². The lowest BCUT2D eigenvalue weighted by molar-refractivity contribution is -0.131. The first-order valence-corrected chi connectivity index (χ1v) is 8.86. The molecule has 10 nitrogen and oxygen atoms in total. The highest BCUT2D eigenvalue weighted by molar-refractivity contribution is 5.83. The van der Waals surface area contributed by atoms with Gasteiger partial charge in [0.1, 0.15) is 6.54 Å². The number of aromatic nitrogens is 3. The number of oxazole rings is 1. The van der Waals surface area contributed by atoms with Gasteiger partial charge in [0.15, 0.2) is 11.4 Å². The van der Waals surface area contributed by atoms with Crippen LogP contribution in [0.3, 0.4) is 0 Å². The first-order valence-electron chi connectivity index (χ1n) is 8.86. The Morgan fingerprint density at radius 2 is 2.07 bits per heavy atom. The molecule has 0 saturated carbocycles. The van der Waals surface area contributed by atoms with Crippen molar-refractivity contribution in [1.29, 1.82) is 0 Å². The van der Waals surface area contributed by atoms with Crippen molar-refractivity contribution in [2.75, 3.05) is 20.1 Å². The lowest BCUT2D eigenvalue weighted by Gasteiger charge is -2.16. The van der Waals surface area contributed by atoms with E-state index in [-0.39, 0.29) is 31.4 Å². The van der Waals surface area contributed by atoms with Crippen LogP contribution in [0.1, 0.15) is 17.6 Å². The second kappa shape index (κ2) is 6.95. The third kappa shape index (κ3) is 3.06. The monoisotopic (exact) mass is 385 g/mol. The molecule has 3 aromatic rings. The maximum atomic E-state index is 12.9. The fourth-order valence-electron chi connectivity index (χ4n) is 3.57. The largest absolute Gasteiger partial charge is 0.420 e. The number of aryl methyl sites for hydroxylation is 1. The third-order valence-electron chi connectivity index (χ3n) is 4.98. The van der Waals surface area contributed by atoms with E-state index in [1.807, 2.05) is 0 Å². The molecule has 0 unspecified atom stereocenters. The zero-order valence-electron chi connectivity index (χ0n) is 15.4. The maximum Gasteiger partial charge on any atom is 0.420 e. The number of rotatable bonds is 4. The first kappa shape index (κ1) is 18.0. The Labute approximate surface area is 159 Å². The average Bonchev–Trinajstić information content (AvgIpc) is 3.38. The normalized spacial score (nSPS) is 19.3. The molecule has 2 amide bonds. The number of fused-ring (bicyclic) bond motifs is 1. The number of benzene rings is 1. The van der Waals surface area contributed by atoms with Gasteiger partial charge in [0.2, 0.25) is 17.7 Å². The molecular weight excluding hydrogens is 366 g/mol. The SMILES string of the molecule is CNC(=O)[C@@H]1CN(C(=O)Cn2c(=O)oc3ccccc32)C[C@H]1c1nc(C)no1. The topological polar surface area (TPSA) is 123 Å². The number of para-hydroxylation sites is 2. The van der Waals surface area contributed by atoms with Crippen LogP contribution in [-0.2, 0) is 16.1 Å². The molecule has 2 atom stereocenters. The van der Waals surface area contributed by atoms with Crippen LogP contribution in [0.2, 0.25) is 0 Å². The standard InChI is InChI=1S/C18H19N5O5/c1-10-20-17(28-21-10)12-8-22(7-11(12)16(25)19-2)15(24)9-23-13-5-3-4-6-14(13)27-18(23)26/h3-6,11-12H,7-9H2,1-2H3,(H,19,25)/t11-,12-/m1/s1. The molecule has 10 heteroatoms. The number of carbonyl (C=O) groups excluding carboxylic acids is 2. The van der Waals surface area contributed by atoms with E-state index in [0.29, 0.717) is 22.8 Å². The quantitative estimate of drug-likeness (QED) is 0.684. The molecule has 1 N–H and O–H groups in total. The fourth-order valence-corrected chi connectivity index (χ4v) is 3.57. The minimum atomic E-state index is -0.597. The molecular formula is C18H19N5O5. The summed E-state index contributed by atoms with van der Waals surface area (Å²) in [6, 6.07) is 6.91. The third-order valence-corrected chi connectivity index (χ3v) is 4.98. The Hall–Kier alpha value is -3.43. The number of carbonyl (C=O) groups is 2. The van der Waals surface area contributed by atoms with Crippen LogP contribution in [-0.4, -0.2) is 51.6 Å². The average molecular weight is 385 g/mol. The van der Waals surface area contributed by atoms with Crippen molar-refractivity contribution in [3.05, 3.63) is 46.5 Å². The van der Waals surface area contributed by atoms with Crippen molar-refractivity contribution in [2.45, 2.75) is 19.4 Å². The van der Waals surface area contributed by atoms with E-state index in [2.05, 4.69) is 15.5 Å². The lowest BCUT2D eigenvalue weighted by Crippen LogP contribution is -2.36. The van der Waals surface area contributed by atoms with Gasteiger partial charge >= 0.3 is 5.76 Å². The van der Waals surface area contributed by atoms with E-state index in [1.165, 1.54) is 4.57 Å². The van der Waals surface area contributed by atoms with Gasteiger partial charge in [0.25, 0.3) is 0 Å². The summed E-state index contributed by atoms with van der Waals surface area (Å²) in [5.74, 6) is -1.21. The second-order valence-electron chi connectivity index (χ2n) is 6.73. The van der Waals surface area contributed by atoms with E-state index < -0.39 is 17.6 Å². The predicted octanol–water partition coefficient (Wildman–Crippen LogP) is 0.274. The van der Waals surface area contributed by atoms with E-state index >= 15 is 0 Å². The van der Waals surface area contributed by atoms with Gasteiger partial charge < -0.3 is 19.2 Å². The summed E-state index contributed by atoms with van der Waals surface area (Å²) in [5, 5.41) is 6.39.